The first-order chi connectivity index (χ1) is 12.1. The van der Waals surface area contributed by atoms with Crippen molar-refractivity contribution in [3.63, 3.8) is 0 Å². The van der Waals surface area contributed by atoms with Crippen molar-refractivity contribution in [2.45, 2.75) is 20.0 Å². The van der Waals surface area contributed by atoms with Gasteiger partial charge in [0.1, 0.15) is 5.82 Å². The number of amides is 2. The number of piperazine rings is 1. The van der Waals surface area contributed by atoms with Crippen molar-refractivity contribution in [1.82, 2.24) is 20.1 Å². The minimum Gasteiger partial charge on any atom is -0.334 e. The van der Waals surface area contributed by atoms with Crippen LogP contribution in [0.25, 0.3) is 0 Å². The number of urea groups is 1. The van der Waals surface area contributed by atoms with Crippen LogP contribution in [0.15, 0.2) is 42.7 Å². The average molecular weight is 342 g/mol. The van der Waals surface area contributed by atoms with Crippen molar-refractivity contribution in [3.8, 4) is 0 Å². The van der Waals surface area contributed by atoms with E-state index in [0.717, 1.165) is 25.2 Å². The predicted octanol–water partition coefficient (Wildman–Crippen LogP) is 2.56. The Bertz CT molecular complexity index is 715. The highest BCUT2D eigenvalue weighted by Crippen LogP contribution is 2.10. The number of nitrogens with zero attached hydrogens (tertiary/aromatic N) is 3. The summed E-state index contributed by atoms with van der Waals surface area (Å²) in [6.45, 7) is 5.96. The highest BCUT2D eigenvalue weighted by molar-refractivity contribution is 5.74. The Balaban J connectivity index is 1.44. The van der Waals surface area contributed by atoms with E-state index < -0.39 is 0 Å². The van der Waals surface area contributed by atoms with Gasteiger partial charge >= 0.3 is 6.03 Å². The van der Waals surface area contributed by atoms with Crippen LogP contribution in [-0.4, -0.2) is 47.0 Å². The number of pyridine rings is 1. The first-order valence-electron chi connectivity index (χ1n) is 8.51. The zero-order valence-corrected chi connectivity index (χ0v) is 14.4. The van der Waals surface area contributed by atoms with Gasteiger partial charge in [0.2, 0.25) is 0 Å². The first-order valence-corrected chi connectivity index (χ1v) is 8.51. The molecular formula is C19H23FN4O. The van der Waals surface area contributed by atoms with E-state index in [0.29, 0.717) is 25.2 Å². The van der Waals surface area contributed by atoms with Crippen molar-refractivity contribution in [3.05, 3.63) is 65.2 Å². The molecule has 1 aliphatic heterocycles. The van der Waals surface area contributed by atoms with Crippen molar-refractivity contribution < 1.29 is 9.18 Å². The number of aryl methyl sites for hydroxylation is 1. The van der Waals surface area contributed by atoms with Crippen LogP contribution in [0.4, 0.5) is 9.18 Å². The van der Waals surface area contributed by atoms with Crippen LogP contribution in [0.5, 0.6) is 0 Å². The molecule has 0 aliphatic carbocycles. The Hall–Kier alpha value is -2.47. The number of benzene rings is 1. The fourth-order valence-corrected chi connectivity index (χ4v) is 2.89. The van der Waals surface area contributed by atoms with E-state index in [1.165, 1.54) is 11.6 Å². The first kappa shape index (κ1) is 17.4. The van der Waals surface area contributed by atoms with E-state index in [9.17, 15) is 9.18 Å². The summed E-state index contributed by atoms with van der Waals surface area (Å²) in [5.74, 6) is -0.240. The molecule has 1 fully saturated rings. The molecule has 0 radical (unpaired) electrons. The summed E-state index contributed by atoms with van der Waals surface area (Å²) in [7, 11) is 0. The van der Waals surface area contributed by atoms with E-state index in [1.54, 1.807) is 19.2 Å². The molecule has 5 nitrogen and oxygen atoms in total. The molecule has 1 aromatic carbocycles. The molecule has 0 atom stereocenters. The van der Waals surface area contributed by atoms with Crippen molar-refractivity contribution >= 4 is 6.03 Å². The Morgan fingerprint density at radius 3 is 2.68 bits per heavy atom. The number of aromatic nitrogens is 1. The van der Waals surface area contributed by atoms with Crippen LogP contribution in [0.3, 0.4) is 0 Å². The number of carbonyl (C=O) groups is 1. The SMILES string of the molecule is Cc1ccc(CNC(=O)N2CCN(Cc3cccnc3)CC2)cc1F. The predicted molar refractivity (Wildman–Crippen MR) is 94.5 cm³/mol. The fraction of sp³-hybridized carbons (Fsp3) is 0.368. The molecule has 2 aromatic rings. The molecule has 1 saturated heterocycles. The lowest BCUT2D eigenvalue weighted by atomic mass is 10.1. The maximum Gasteiger partial charge on any atom is 0.317 e. The third-order valence-electron chi connectivity index (χ3n) is 4.47. The number of hydrogen-bond donors (Lipinski definition) is 1. The van der Waals surface area contributed by atoms with Crippen LogP contribution < -0.4 is 5.32 Å². The summed E-state index contributed by atoms with van der Waals surface area (Å²) >= 11 is 0. The second-order valence-electron chi connectivity index (χ2n) is 6.37. The summed E-state index contributed by atoms with van der Waals surface area (Å²) in [6.07, 6.45) is 3.64. The second-order valence-corrected chi connectivity index (χ2v) is 6.37. The zero-order valence-electron chi connectivity index (χ0n) is 14.4. The van der Waals surface area contributed by atoms with Crippen LogP contribution >= 0.6 is 0 Å². The summed E-state index contributed by atoms with van der Waals surface area (Å²) in [4.78, 5) is 20.5. The van der Waals surface area contributed by atoms with Gasteiger partial charge in [-0.25, -0.2) is 9.18 Å². The van der Waals surface area contributed by atoms with Gasteiger partial charge in [0.15, 0.2) is 0 Å². The van der Waals surface area contributed by atoms with Gasteiger partial charge in [-0.05, 0) is 35.7 Å². The van der Waals surface area contributed by atoms with Gasteiger partial charge < -0.3 is 10.2 Å². The topological polar surface area (TPSA) is 48.5 Å². The third kappa shape index (κ3) is 4.76. The second kappa shape index (κ2) is 8.07. The molecular weight excluding hydrogens is 319 g/mol. The number of carbonyl (C=O) groups excluding carboxylic acids is 1. The molecule has 3 rings (SSSR count). The molecule has 25 heavy (non-hydrogen) atoms. The van der Waals surface area contributed by atoms with Gasteiger partial charge in [0.25, 0.3) is 0 Å². The highest BCUT2D eigenvalue weighted by Gasteiger charge is 2.20. The van der Waals surface area contributed by atoms with E-state index in [4.69, 9.17) is 0 Å². The van der Waals surface area contributed by atoms with E-state index in [2.05, 4.69) is 21.3 Å². The largest absolute Gasteiger partial charge is 0.334 e. The number of hydrogen-bond acceptors (Lipinski definition) is 3. The summed E-state index contributed by atoms with van der Waals surface area (Å²) in [5, 5.41) is 2.87. The van der Waals surface area contributed by atoms with Gasteiger partial charge in [-0.15, -0.1) is 0 Å². The van der Waals surface area contributed by atoms with Crippen LogP contribution in [0, 0.1) is 12.7 Å². The third-order valence-corrected chi connectivity index (χ3v) is 4.47. The Morgan fingerprint density at radius 1 is 1.20 bits per heavy atom. The molecule has 132 valence electrons. The minimum absolute atomic E-state index is 0.0954. The van der Waals surface area contributed by atoms with Gasteiger partial charge in [-0.2, -0.15) is 0 Å². The van der Waals surface area contributed by atoms with Gasteiger partial charge in [-0.3, -0.25) is 9.88 Å². The monoisotopic (exact) mass is 342 g/mol. The quantitative estimate of drug-likeness (QED) is 0.929. The minimum atomic E-state index is -0.240. The van der Waals surface area contributed by atoms with Gasteiger partial charge in [0, 0.05) is 51.7 Å². The van der Waals surface area contributed by atoms with E-state index in [1.807, 2.05) is 23.2 Å². The maximum atomic E-state index is 13.5. The number of rotatable bonds is 4. The van der Waals surface area contributed by atoms with Crippen molar-refractivity contribution in [2.75, 3.05) is 26.2 Å². The molecule has 2 heterocycles. The molecule has 0 spiro atoms. The van der Waals surface area contributed by atoms with Crippen molar-refractivity contribution in [2.24, 2.45) is 0 Å². The molecule has 0 unspecified atom stereocenters. The average Bonchev–Trinajstić information content (AvgIpc) is 2.64. The maximum absolute atomic E-state index is 13.5. The van der Waals surface area contributed by atoms with Gasteiger partial charge in [-0.1, -0.05) is 18.2 Å². The van der Waals surface area contributed by atoms with Crippen molar-refractivity contribution in [1.29, 1.82) is 0 Å². The Labute approximate surface area is 147 Å². The van der Waals surface area contributed by atoms with E-state index in [-0.39, 0.29) is 11.8 Å². The Kier molecular flexibility index (Phi) is 5.60. The number of halogens is 1. The van der Waals surface area contributed by atoms with Crippen LogP contribution in [-0.2, 0) is 13.1 Å². The van der Waals surface area contributed by atoms with Crippen LogP contribution in [0.1, 0.15) is 16.7 Å². The molecule has 0 saturated carbocycles. The van der Waals surface area contributed by atoms with E-state index >= 15 is 0 Å². The lowest BCUT2D eigenvalue weighted by Gasteiger charge is -2.34. The lowest BCUT2D eigenvalue weighted by Crippen LogP contribution is -2.51. The molecule has 2 amide bonds. The Morgan fingerprint density at radius 2 is 2.00 bits per heavy atom. The standard InChI is InChI=1S/C19H23FN4O/c1-15-4-5-16(11-18(15)20)13-22-19(25)24-9-7-23(8-10-24)14-17-3-2-6-21-12-17/h2-6,11-12H,7-10,13-14H2,1H3,(H,22,25). The molecule has 6 heteroatoms. The molecule has 0 bridgehead atoms. The normalized spacial score (nSPS) is 15.2. The zero-order chi connectivity index (χ0) is 17.6. The van der Waals surface area contributed by atoms with Gasteiger partial charge in [0.05, 0.1) is 0 Å². The fourth-order valence-electron chi connectivity index (χ4n) is 2.89. The summed E-state index contributed by atoms with van der Waals surface area (Å²) in [6, 6.07) is 8.95. The molecule has 1 aliphatic rings. The van der Waals surface area contributed by atoms with Crippen LogP contribution in [0.2, 0.25) is 0 Å². The summed E-state index contributed by atoms with van der Waals surface area (Å²) in [5.41, 5.74) is 2.56. The molecule has 1 N–H and O–H groups in total. The lowest BCUT2D eigenvalue weighted by molar-refractivity contribution is 0.135. The number of nitrogens with one attached hydrogen (secondary N) is 1. The smallest absolute Gasteiger partial charge is 0.317 e. The highest BCUT2D eigenvalue weighted by atomic mass is 19.1. The molecule has 1 aromatic heterocycles. The summed E-state index contributed by atoms with van der Waals surface area (Å²) < 4.78 is 13.5.